The molecule has 0 saturated heterocycles. The van der Waals surface area contributed by atoms with Crippen molar-refractivity contribution in [1.29, 1.82) is 0 Å². The number of benzene rings is 2. The zero-order valence-corrected chi connectivity index (χ0v) is 22.2. The molecule has 0 fully saturated rings. The molecule has 0 aliphatic rings. The van der Waals surface area contributed by atoms with Gasteiger partial charge < -0.3 is 24.1 Å². The first kappa shape index (κ1) is 29.5. The molecule has 3 atom stereocenters. The van der Waals surface area contributed by atoms with E-state index in [1.54, 1.807) is 7.11 Å². The first-order valence-electron chi connectivity index (χ1n) is 13.2. The van der Waals surface area contributed by atoms with Gasteiger partial charge in [0.1, 0.15) is 17.8 Å². The molecule has 5 heteroatoms. The van der Waals surface area contributed by atoms with E-state index in [-0.39, 0.29) is 12.7 Å². The van der Waals surface area contributed by atoms with Gasteiger partial charge in [-0.05, 0) is 30.9 Å². The third kappa shape index (κ3) is 10.4. The summed E-state index contributed by atoms with van der Waals surface area (Å²) in [5.41, 5.74) is 1.63. The Morgan fingerprint density at radius 1 is 0.800 bits per heavy atom. The Balaban J connectivity index is 2.43. The maximum atomic E-state index is 11.0. The smallest absolute Gasteiger partial charge is 0.110 e. The Kier molecular flexibility index (Phi) is 14.2. The van der Waals surface area contributed by atoms with Crippen molar-refractivity contribution in [3.05, 3.63) is 71.8 Å². The van der Waals surface area contributed by atoms with Gasteiger partial charge in [0.2, 0.25) is 0 Å². The van der Waals surface area contributed by atoms with E-state index in [4.69, 9.17) is 18.9 Å². The SMILES string of the molecule is CCCCOCC(OC(Cc1ccccc1)(Cc1ccccc1)[C@H](C)OCCCC)[C@H](O)COC. The van der Waals surface area contributed by atoms with Crippen molar-refractivity contribution in [2.75, 3.05) is 33.5 Å². The highest BCUT2D eigenvalue weighted by Gasteiger charge is 2.42. The average Bonchev–Trinajstić information content (AvgIpc) is 2.87. The van der Waals surface area contributed by atoms with Crippen LogP contribution < -0.4 is 0 Å². The van der Waals surface area contributed by atoms with Crippen LogP contribution >= 0.6 is 0 Å². The third-order valence-electron chi connectivity index (χ3n) is 6.38. The molecule has 0 radical (unpaired) electrons. The molecule has 5 nitrogen and oxygen atoms in total. The minimum Gasteiger partial charge on any atom is -0.388 e. The maximum absolute atomic E-state index is 11.0. The predicted molar refractivity (Wildman–Crippen MR) is 142 cm³/mol. The van der Waals surface area contributed by atoms with Crippen LogP contribution in [0.2, 0.25) is 0 Å². The molecular formula is C30H46O5. The van der Waals surface area contributed by atoms with Crippen LogP contribution in [0.3, 0.4) is 0 Å². The standard InChI is InChI=1S/C30H46O5/c1-5-7-19-33-24-29(28(31)23-32-4)35-30(25(3)34-20-8-6-2,21-26-15-11-9-12-16-26)22-27-17-13-10-14-18-27/h9-18,25,28-29,31H,5-8,19-24H2,1-4H3/t25-,28+,29?/m0/s1. The van der Waals surface area contributed by atoms with Gasteiger partial charge in [0.25, 0.3) is 0 Å². The summed E-state index contributed by atoms with van der Waals surface area (Å²) in [6.07, 6.45) is 3.84. The van der Waals surface area contributed by atoms with E-state index >= 15 is 0 Å². The molecule has 0 amide bonds. The van der Waals surface area contributed by atoms with Crippen molar-refractivity contribution in [2.24, 2.45) is 0 Å². The second kappa shape index (κ2) is 16.8. The molecule has 0 spiro atoms. The molecule has 0 aliphatic heterocycles. The summed E-state index contributed by atoms with van der Waals surface area (Å²) in [6, 6.07) is 20.8. The lowest BCUT2D eigenvalue weighted by Crippen LogP contribution is -2.54. The lowest BCUT2D eigenvalue weighted by molar-refractivity contribution is -0.207. The van der Waals surface area contributed by atoms with Crippen LogP contribution in [0.25, 0.3) is 0 Å². The lowest BCUT2D eigenvalue weighted by Gasteiger charge is -2.43. The Hall–Kier alpha value is -1.76. The van der Waals surface area contributed by atoms with Crippen molar-refractivity contribution < 1.29 is 24.1 Å². The molecule has 0 bridgehead atoms. The van der Waals surface area contributed by atoms with Crippen molar-refractivity contribution in [2.45, 2.75) is 83.2 Å². The van der Waals surface area contributed by atoms with Crippen LogP contribution in [0.15, 0.2) is 60.7 Å². The van der Waals surface area contributed by atoms with Gasteiger partial charge in [0.05, 0.1) is 19.3 Å². The summed E-state index contributed by atoms with van der Waals surface area (Å²) in [4.78, 5) is 0. The van der Waals surface area contributed by atoms with E-state index in [0.717, 1.165) is 25.7 Å². The monoisotopic (exact) mass is 486 g/mol. The fourth-order valence-corrected chi connectivity index (χ4v) is 4.22. The number of unbranched alkanes of at least 4 members (excludes halogenated alkanes) is 2. The molecule has 0 aliphatic carbocycles. The van der Waals surface area contributed by atoms with Gasteiger partial charge in [-0.1, -0.05) is 87.4 Å². The number of hydrogen-bond acceptors (Lipinski definition) is 5. The molecule has 1 N–H and O–H groups in total. The number of ether oxygens (including phenoxy) is 4. The fourth-order valence-electron chi connectivity index (χ4n) is 4.22. The Morgan fingerprint density at radius 3 is 1.86 bits per heavy atom. The van der Waals surface area contributed by atoms with E-state index < -0.39 is 17.8 Å². The topological polar surface area (TPSA) is 57.2 Å². The van der Waals surface area contributed by atoms with Gasteiger partial charge in [-0.15, -0.1) is 0 Å². The number of aliphatic hydroxyl groups excluding tert-OH is 1. The van der Waals surface area contributed by atoms with E-state index in [2.05, 4.69) is 69.3 Å². The number of methoxy groups -OCH3 is 1. The van der Waals surface area contributed by atoms with Crippen LogP contribution in [0.1, 0.15) is 57.6 Å². The molecule has 2 rings (SSSR count). The van der Waals surface area contributed by atoms with Crippen LogP contribution in [-0.4, -0.2) is 62.6 Å². The van der Waals surface area contributed by atoms with Crippen LogP contribution in [0.5, 0.6) is 0 Å². The fraction of sp³-hybridized carbons (Fsp3) is 0.600. The summed E-state index contributed by atoms with van der Waals surface area (Å²) in [7, 11) is 1.59. The summed E-state index contributed by atoms with van der Waals surface area (Å²) in [5, 5.41) is 11.0. The third-order valence-corrected chi connectivity index (χ3v) is 6.38. The van der Waals surface area contributed by atoms with Gasteiger partial charge in [-0.3, -0.25) is 0 Å². The molecule has 0 heterocycles. The van der Waals surface area contributed by atoms with Gasteiger partial charge in [-0.2, -0.15) is 0 Å². The number of aliphatic hydroxyl groups is 1. The Morgan fingerprint density at radius 2 is 1.34 bits per heavy atom. The first-order chi connectivity index (χ1) is 17.0. The summed E-state index contributed by atoms with van der Waals surface area (Å²) in [6.45, 7) is 8.19. The Bertz CT molecular complexity index is 725. The molecule has 35 heavy (non-hydrogen) atoms. The number of hydrogen-bond donors (Lipinski definition) is 1. The van der Waals surface area contributed by atoms with Gasteiger partial charge in [0, 0.05) is 33.2 Å². The van der Waals surface area contributed by atoms with Crippen LogP contribution in [0, 0.1) is 0 Å². The first-order valence-corrected chi connectivity index (χ1v) is 13.2. The number of rotatable bonds is 19. The lowest BCUT2D eigenvalue weighted by atomic mass is 9.83. The minimum absolute atomic E-state index is 0.180. The van der Waals surface area contributed by atoms with E-state index in [1.807, 2.05) is 12.1 Å². The molecule has 2 aromatic rings. The highest BCUT2D eigenvalue weighted by atomic mass is 16.6. The van der Waals surface area contributed by atoms with Gasteiger partial charge in [-0.25, -0.2) is 0 Å². The summed E-state index contributed by atoms with van der Waals surface area (Å²) in [5.74, 6) is 0. The summed E-state index contributed by atoms with van der Waals surface area (Å²) >= 11 is 0. The van der Waals surface area contributed by atoms with Gasteiger partial charge >= 0.3 is 0 Å². The minimum atomic E-state index is -0.810. The molecule has 2 aromatic carbocycles. The highest BCUT2D eigenvalue weighted by Crippen LogP contribution is 2.32. The average molecular weight is 487 g/mol. The van der Waals surface area contributed by atoms with E-state index in [0.29, 0.717) is 32.7 Å². The maximum Gasteiger partial charge on any atom is 0.110 e. The molecule has 0 saturated carbocycles. The van der Waals surface area contributed by atoms with Crippen molar-refractivity contribution in [3.8, 4) is 0 Å². The quantitative estimate of drug-likeness (QED) is 0.261. The highest BCUT2D eigenvalue weighted by molar-refractivity contribution is 5.23. The normalized spacial score (nSPS) is 14.5. The molecule has 196 valence electrons. The Labute approximate surface area is 212 Å². The largest absolute Gasteiger partial charge is 0.388 e. The van der Waals surface area contributed by atoms with E-state index in [9.17, 15) is 5.11 Å². The predicted octanol–water partition coefficient (Wildman–Crippen LogP) is 5.63. The van der Waals surface area contributed by atoms with Crippen LogP contribution in [-0.2, 0) is 31.8 Å². The zero-order valence-electron chi connectivity index (χ0n) is 22.2. The van der Waals surface area contributed by atoms with E-state index in [1.165, 1.54) is 11.1 Å². The zero-order chi connectivity index (χ0) is 25.4. The van der Waals surface area contributed by atoms with Crippen molar-refractivity contribution >= 4 is 0 Å². The van der Waals surface area contributed by atoms with Gasteiger partial charge in [0.15, 0.2) is 0 Å². The molecule has 0 aromatic heterocycles. The van der Waals surface area contributed by atoms with Crippen LogP contribution in [0.4, 0.5) is 0 Å². The van der Waals surface area contributed by atoms with Crippen molar-refractivity contribution in [3.63, 3.8) is 0 Å². The molecular weight excluding hydrogens is 440 g/mol. The summed E-state index contributed by atoms with van der Waals surface area (Å²) < 4.78 is 24.6. The second-order valence-electron chi connectivity index (χ2n) is 9.36. The molecule has 1 unspecified atom stereocenters. The van der Waals surface area contributed by atoms with Crippen molar-refractivity contribution in [1.82, 2.24) is 0 Å². The second-order valence-corrected chi connectivity index (χ2v) is 9.36.